The van der Waals surface area contributed by atoms with Gasteiger partial charge in [0.25, 0.3) is 10.0 Å². The molecule has 0 radical (unpaired) electrons. The van der Waals surface area contributed by atoms with Crippen molar-refractivity contribution >= 4 is 33.0 Å². The zero-order valence-electron chi connectivity index (χ0n) is 9.90. The Bertz CT molecular complexity index is 803. The standard InChI is InChI=1S/C12H8N2O4S2/c13-7-8-2-1-3-9(6-8)20(17,18)14-10-4-5-19-11(10)12(15)16/h1-6,14H,(H,15,16). The third-order valence-electron chi connectivity index (χ3n) is 2.38. The lowest BCUT2D eigenvalue weighted by Gasteiger charge is -2.07. The maximum atomic E-state index is 12.1. The SMILES string of the molecule is N#Cc1cccc(S(=O)(=O)Nc2ccsc2C(=O)O)c1. The van der Waals surface area contributed by atoms with Crippen LogP contribution in [0.5, 0.6) is 0 Å². The molecule has 6 nitrogen and oxygen atoms in total. The van der Waals surface area contributed by atoms with Crippen LogP contribution in [0.2, 0.25) is 0 Å². The summed E-state index contributed by atoms with van der Waals surface area (Å²) in [5, 5.41) is 19.2. The number of aromatic carboxylic acids is 1. The summed E-state index contributed by atoms with van der Waals surface area (Å²) in [4.78, 5) is 10.7. The third-order valence-corrected chi connectivity index (χ3v) is 4.64. The highest BCUT2D eigenvalue weighted by atomic mass is 32.2. The normalized spacial score (nSPS) is 10.8. The number of nitriles is 1. The summed E-state index contributed by atoms with van der Waals surface area (Å²) in [6, 6.07) is 8.69. The third kappa shape index (κ3) is 2.79. The lowest BCUT2D eigenvalue weighted by molar-refractivity contribution is 0.0703. The smallest absolute Gasteiger partial charge is 0.348 e. The molecule has 1 aromatic carbocycles. The maximum Gasteiger partial charge on any atom is 0.348 e. The minimum atomic E-state index is -3.93. The van der Waals surface area contributed by atoms with Gasteiger partial charge >= 0.3 is 5.97 Å². The second-order valence-corrected chi connectivity index (χ2v) is 6.31. The predicted molar refractivity (Wildman–Crippen MR) is 73.2 cm³/mol. The molecule has 0 aliphatic rings. The van der Waals surface area contributed by atoms with E-state index in [1.807, 2.05) is 6.07 Å². The first kappa shape index (κ1) is 14.0. The van der Waals surface area contributed by atoms with Crippen molar-refractivity contribution < 1.29 is 18.3 Å². The van der Waals surface area contributed by atoms with Crippen molar-refractivity contribution in [3.63, 3.8) is 0 Å². The Morgan fingerprint density at radius 3 is 2.75 bits per heavy atom. The first-order valence-electron chi connectivity index (χ1n) is 5.28. The van der Waals surface area contributed by atoms with Crippen LogP contribution in [-0.4, -0.2) is 19.5 Å². The second kappa shape index (κ2) is 5.32. The van der Waals surface area contributed by atoms with Crippen molar-refractivity contribution in [1.82, 2.24) is 0 Å². The van der Waals surface area contributed by atoms with Crippen molar-refractivity contribution in [2.24, 2.45) is 0 Å². The molecule has 2 N–H and O–H groups in total. The van der Waals surface area contributed by atoms with Crippen LogP contribution in [0.3, 0.4) is 0 Å². The summed E-state index contributed by atoms with van der Waals surface area (Å²) in [5.41, 5.74) is 0.210. The van der Waals surface area contributed by atoms with Gasteiger partial charge in [-0.2, -0.15) is 5.26 Å². The van der Waals surface area contributed by atoms with Crippen LogP contribution in [0.1, 0.15) is 15.2 Å². The summed E-state index contributed by atoms with van der Waals surface area (Å²) < 4.78 is 26.5. The molecule has 0 atom stereocenters. The highest BCUT2D eigenvalue weighted by Crippen LogP contribution is 2.25. The number of nitrogens with one attached hydrogen (secondary N) is 1. The number of rotatable bonds is 4. The van der Waals surface area contributed by atoms with Gasteiger partial charge < -0.3 is 5.11 Å². The molecule has 2 aromatic rings. The van der Waals surface area contributed by atoms with Crippen LogP contribution in [0, 0.1) is 11.3 Å². The molecular weight excluding hydrogens is 300 g/mol. The topological polar surface area (TPSA) is 107 Å². The van der Waals surface area contributed by atoms with Crippen LogP contribution in [0.25, 0.3) is 0 Å². The monoisotopic (exact) mass is 308 g/mol. The van der Waals surface area contributed by atoms with Crippen LogP contribution >= 0.6 is 11.3 Å². The Labute approximate surface area is 119 Å². The number of carboxylic acid groups (broad SMARTS) is 1. The Morgan fingerprint density at radius 1 is 1.35 bits per heavy atom. The van der Waals surface area contributed by atoms with E-state index in [4.69, 9.17) is 10.4 Å². The number of nitrogens with zero attached hydrogens (tertiary/aromatic N) is 1. The number of benzene rings is 1. The van der Waals surface area contributed by atoms with Gasteiger partial charge in [-0.15, -0.1) is 11.3 Å². The highest BCUT2D eigenvalue weighted by Gasteiger charge is 2.19. The van der Waals surface area contributed by atoms with Crippen molar-refractivity contribution in [3.8, 4) is 6.07 Å². The summed E-state index contributed by atoms with van der Waals surface area (Å²) in [6.07, 6.45) is 0. The van der Waals surface area contributed by atoms with Gasteiger partial charge in [0.15, 0.2) is 0 Å². The molecule has 0 bridgehead atoms. The molecule has 8 heteroatoms. The van der Waals surface area contributed by atoms with Crippen LogP contribution < -0.4 is 4.72 Å². The molecule has 1 heterocycles. The maximum absolute atomic E-state index is 12.1. The zero-order valence-corrected chi connectivity index (χ0v) is 11.5. The minimum absolute atomic E-state index is 0.00450. The minimum Gasteiger partial charge on any atom is -0.477 e. The van der Waals surface area contributed by atoms with Gasteiger partial charge in [0.05, 0.1) is 22.2 Å². The van der Waals surface area contributed by atoms with Crippen molar-refractivity contribution in [1.29, 1.82) is 5.26 Å². The number of thiophene rings is 1. The number of anilines is 1. The van der Waals surface area contributed by atoms with E-state index in [-0.39, 0.29) is 21.0 Å². The predicted octanol–water partition coefficient (Wildman–Crippen LogP) is 2.12. The fourth-order valence-corrected chi connectivity index (χ4v) is 3.36. The Balaban J connectivity index is 2.39. The summed E-state index contributed by atoms with van der Waals surface area (Å²) in [5.74, 6) is -1.21. The van der Waals surface area contributed by atoms with Crippen molar-refractivity contribution in [2.75, 3.05) is 4.72 Å². The first-order chi connectivity index (χ1) is 9.44. The Hall–Kier alpha value is -2.37. The molecule has 0 fully saturated rings. The van der Waals surface area contributed by atoms with Gasteiger partial charge in [0, 0.05) is 0 Å². The van der Waals surface area contributed by atoms with Crippen LogP contribution in [0.15, 0.2) is 40.6 Å². The molecule has 2 rings (SSSR count). The van der Waals surface area contributed by atoms with Crippen LogP contribution in [-0.2, 0) is 10.0 Å². The van der Waals surface area contributed by atoms with Crippen molar-refractivity contribution in [3.05, 3.63) is 46.2 Å². The number of carbonyl (C=O) groups is 1. The van der Waals surface area contributed by atoms with E-state index in [0.717, 1.165) is 11.3 Å². The van der Waals surface area contributed by atoms with Crippen molar-refractivity contribution in [2.45, 2.75) is 4.90 Å². The van der Waals surface area contributed by atoms with E-state index in [1.165, 1.54) is 35.7 Å². The molecule has 0 amide bonds. The molecule has 102 valence electrons. The molecular formula is C12H8N2O4S2. The molecule has 1 aromatic heterocycles. The fourth-order valence-electron chi connectivity index (χ4n) is 1.49. The molecule has 0 aliphatic heterocycles. The second-order valence-electron chi connectivity index (χ2n) is 3.71. The number of carboxylic acids is 1. The number of hydrogen-bond donors (Lipinski definition) is 2. The van der Waals surface area contributed by atoms with E-state index in [1.54, 1.807) is 0 Å². The largest absolute Gasteiger partial charge is 0.477 e. The molecule has 20 heavy (non-hydrogen) atoms. The van der Waals surface area contributed by atoms with Gasteiger partial charge in [-0.05, 0) is 29.6 Å². The van der Waals surface area contributed by atoms with Gasteiger partial charge in [0.1, 0.15) is 4.88 Å². The summed E-state index contributed by atoms with van der Waals surface area (Å²) in [7, 11) is -3.93. The zero-order chi connectivity index (χ0) is 14.8. The number of hydrogen-bond acceptors (Lipinski definition) is 5. The number of sulfonamides is 1. The Kier molecular flexibility index (Phi) is 3.74. The van der Waals surface area contributed by atoms with Gasteiger partial charge in [-0.25, -0.2) is 13.2 Å². The quantitative estimate of drug-likeness (QED) is 0.899. The first-order valence-corrected chi connectivity index (χ1v) is 7.64. The molecule has 0 saturated carbocycles. The van der Waals surface area contributed by atoms with E-state index in [9.17, 15) is 13.2 Å². The average molecular weight is 308 g/mol. The lowest BCUT2D eigenvalue weighted by Crippen LogP contribution is -2.14. The van der Waals surface area contributed by atoms with E-state index in [0.29, 0.717) is 0 Å². The van der Waals surface area contributed by atoms with Gasteiger partial charge in [0.2, 0.25) is 0 Å². The lowest BCUT2D eigenvalue weighted by atomic mass is 10.2. The average Bonchev–Trinajstić information content (AvgIpc) is 2.86. The molecule has 0 spiro atoms. The fraction of sp³-hybridized carbons (Fsp3) is 0. The summed E-state index contributed by atoms with van der Waals surface area (Å²) in [6.45, 7) is 0. The molecule has 0 saturated heterocycles. The summed E-state index contributed by atoms with van der Waals surface area (Å²) >= 11 is 0.922. The molecule has 0 unspecified atom stereocenters. The van der Waals surface area contributed by atoms with Gasteiger partial charge in [-0.3, -0.25) is 4.72 Å². The molecule has 0 aliphatic carbocycles. The van der Waals surface area contributed by atoms with E-state index < -0.39 is 16.0 Å². The van der Waals surface area contributed by atoms with Crippen LogP contribution in [0.4, 0.5) is 5.69 Å². The highest BCUT2D eigenvalue weighted by molar-refractivity contribution is 7.92. The Morgan fingerprint density at radius 2 is 2.10 bits per heavy atom. The van der Waals surface area contributed by atoms with E-state index >= 15 is 0 Å². The van der Waals surface area contributed by atoms with E-state index in [2.05, 4.69) is 4.72 Å². The van der Waals surface area contributed by atoms with Gasteiger partial charge in [-0.1, -0.05) is 6.07 Å².